The monoisotopic (exact) mass is 349 g/mol. The van der Waals surface area contributed by atoms with Crippen molar-refractivity contribution in [1.29, 1.82) is 0 Å². The number of benzene rings is 1. The molecule has 1 aromatic heterocycles. The van der Waals surface area contributed by atoms with Crippen LogP contribution in [0.1, 0.15) is 41.9 Å². The van der Waals surface area contributed by atoms with E-state index in [1.54, 1.807) is 0 Å². The normalized spacial score (nSPS) is 14.2. The molecule has 0 spiro atoms. The SMILES string of the molecule is CCn1nc(C)c(Br)c1CC(C)(N)c1cc(C)ccc1C. The van der Waals surface area contributed by atoms with E-state index in [1.807, 2.05) is 11.6 Å². The molecule has 0 radical (unpaired) electrons. The zero-order valence-electron chi connectivity index (χ0n) is 13.5. The van der Waals surface area contributed by atoms with Gasteiger partial charge in [-0.3, -0.25) is 4.68 Å². The molecule has 3 nitrogen and oxygen atoms in total. The Kier molecular flexibility index (Phi) is 4.59. The van der Waals surface area contributed by atoms with Crippen LogP contribution >= 0.6 is 15.9 Å². The first kappa shape index (κ1) is 16.2. The maximum atomic E-state index is 6.68. The van der Waals surface area contributed by atoms with Gasteiger partial charge in [0.05, 0.1) is 15.9 Å². The first-order valence-electron chi connectivity index (χ1n) is 7.34. The molecule has 0 aliphatic heterocycles. The highest BCUT2D eigenvalue weighted by Crippen LogP contribution is 2.30. The molecule has 2 rings (SSSR count). The van der Waals surface area contributed by atoms with Gasteiger partial charge in [-0.15, -0.1) is 0 Å². The van der Waals surface area contributed by atoms with E-state index in [1.165, 1.54) is 22.4 Å². The van der Waals surface area contributed by atoms with Crippen LogP contribution in [0.3, 0.4) is 0 Å². The second-order valence-corrected chi connectivity index (χ2v) is 6.87. The molecule has 0 bridgehead atoms. The van der Waals surface area contributed by atoms with E-state index in [0.717, 1.165) is 23.1 Å². The molecule has 4 heteroatoms. The number of halogens is 1. The lowest BCUT2D eigenvalue weighted by Crippen LogP contribution is -2.37. The first-order valence-corrected chi connectivity index (χ1v) is 8.14. The quantitative estimate of drug-likeness (QED) is 0.906. The van der Waals surface area contributed by atoms with Gasteiger partial charge in [0.1, 0.15) is 0 Å². The predicted octanol–water partition coefficient (Wildman–Crippen LogP) is 4.01. The van der Waals surface area contributed by atoms with Crippen LogP contribution in [0.4, 0.5) is 0 Å². The highest BCUT2D eigenvalue weighted by molar-refractivity contribution is 9.10. The van der Waals surface area contributed by atoms with Crippen LogP contribution in [-0.4, -0.2) is 9.78 Å². The van der Waals surface area contributed by atoms with Crippen LogP contribution in [0.2, 0.25) is 0 Å². The molecule has 2 aromatic rings. The van der Waals surface area contributed by atoms with Crippen molar-refractivity contribution in [2.45, 2.75) is 53.1 Å². The van der Waals surface area contributed by atoms with Crippen molar-refractivity contribution >= 4 is 15.9 Å². The maximum absolute atomic E-state index is 6.68. The number of nitrogens with zero attached hydrogens (tertiary/aromatic N) is 2. The molecule has 1 heterocycles. The fraction of sp³-hybridized carbons (Fsp3) is 0.471. The lowest BCUT2D eigenvalue weighted by molar-refractivity contribution is 0.460. The zero-order chi connectivity index (χ0) is 15.8. The molecule has 2 N–H and O–H groups in total. The predicted molar refractivity (Wildman–Crippen MR) is 91.5 cm³/mol. The fourth-order valence-electron chi connectivity index (χ4n) is 2.83. The van der Waals surface area contributed by atoms with Gasteiger partial charge in [-0.2, -0.15) is 5.10 Å². The van der Waals surface area contributed by atoms with E-state index in [2.05, 4.69) is 66.9 Å². The van der Waals surface area contributed by atoms with Crippen LogP contribution < -0.4 is 5.73 Å². The summed E-state index contributed by atoms with van der Waals surface area (Å²) in [6.45, 7) is 11.3. The topological polar surface area (TPSA) is 43.8 Å². The molecular formula is C17H24BrN3. The number of nitrogens with two attached hydrogens (primary N) is 1. The standard InChI is InChI=1S/C17H24BrN3/c1-6-21-15(16(18)13(4)20-21)10-17(5,19)14-9-11(2)7-8-12(14)3/h7-9H,6,10,19H2,1-5H3. The summed E-state index contributed by atoms with van der Waals surface area (Å²) in [4.78, 5) is 0. The number of aromatic nitrogens is 2. The van der Waals surface area contributed by atoms with Crippen molar-refractivity contribution in [1.82, 2.24) is 9.78 Å². The zero-order valence-corrected chi connectivity index (χ0v) is 15.1. The van der Waals surface area contributed by atoms with Crippen molar-refractivity contribution in [3.05, 3.63) is 50.8 Å². The minimum absolute atomic E-state index is 0.419. The molecule has 21 heavy (non-hydrogen) atoms. The summed E-state index contributed by atoms with van der Waals surface area (Å²) in [5, 5.41) is 4.56. The average Bonchev–Trinajstić information content (AvgIpc) is 2.68. The molecular weight excluding hydrogens is 326 g/mol. The number of rotatable bonds is 4. The fourth-order valence-corrected chi connectivity index (χ4v) is 3.26. The first-order chi connectivity index (χ1) is 9.76. The van der Waals surface area contributed by atoms with E-state index < -0.39 is 5.54 Å². The van der Waals surface area contributed by atoms with Gasteiger partial charge in [0.25, 0.3) is 0 Å². The minimum atomic E-state index is -0.419. The van der Waals surface area contributed by atoms with Gasteiger partial charge in [-0.1, -0.05) is 23.8 Å². The van der Waals surface area contributed by atoms with Crippen molar-refractivity contribution in [3.63, 3.8) is 0 Å². The summed E-state index contributed by atoms with van der Waals surface area (Å²) in [7, 11) is 0. The second kappa shape index (κ2) is 5.93. The van der Waals surface area contributed by atoms with Crippen molar-refractivity contribution in [2.24, 2.45) is 5.73 Å². The van der Waals surface area contributed by atoms with Crippen molar-refractivity contribution in [2.75, 3.05) is 0 Å². The van der Waals surface area contributed by atoms with E-state index >= 15 is 0 Å². The van der Waals surface area contributed by atoms with Crippen molar-refractivity contribution < 1.29 is 0 Å². The lowest BCUT2D eigenvalue weighted by Gasteiger charge is -2.28. The number of hydrogen-bond acceptors (Lipinski definition) is 2. The van der Waals surface area contributed by atoms with Gasteiger partial charge in [0.2, 0.25) is 0 Å². The number of hydrogen-bond donors (Lipinski definition) is 1. The Labute approximate surface area is 135 Å². The summed E-state index contributed by atoms with van der Waals surface area (Å²) in [5.74, 6) is 0. The van der Waals surface area contributed by atoms with E-state index in [-0.39, 0.29) is 0 Å². The molecule has 0 saturated heterocycles. The Morgan fingerprint density at radius 1 is 1.29 bits per heavy atom. The highest BCUT2D eigenvalue weighted by atomic mass is 79.9. The van der Waals surface area contributed by atoms with Gasteiger partial charge in [-0.05, 0) is 61.7 Å². The summed E-state index contributed by atoms with van der Waals surface area (Å²) in [6.07, 6.45) is 0.757. The molecule has 1 aromatic carbocycles. The molecule has 1 atom stereocenters. The summed E-state index contributed by atoms with van der Waals surface area (Å²) in [6, 6.07) is 6.47. The third-order valence-corrected chi connectivity index (χ3v) is 5.03. The summed E-state index contributed by atoms with van der Waals surface area (Å²) in [5.41, 5.74) is 12.1. The molecule has 0 aliphatic carbocycles. The minimum Gasteiger partial charge on any atom is -0.321 e. The Bertz CT molecular complexity index is 656. The van der Waals surface area contributed by atoms with Crippen LogP contribution in [0, 0.1) is 20.8 Å². The third-order valence-electron chi connectivity index (χ3n) is 4.00. The molecule has 0 amide bonds. The number of aryl methyl sites for hydroxylation is 4. The molecule has 1 unspecified atom stereocenters. The van der Waals surface area contributed by atoms with Gasteiger partial charge < -0.3 is 5.73 Å². The largest absolute Gasteiger partial charge is 0.321 e. The summed E-state index contributed by atoms with van der Waals surface area (Å²) < 4.78 is 3.11. The highest BCUT2D eigenvalue weighted by Gasteiger charge is 2.27. The van der Waals surface area contributed by atoms with Crippen molar-refractivity contribution in [3.8, 4) is 0 Å². The molecule has 114 valence electrons. The Hall–Kier alpha value is -1.13. The Morgan fingerprint density at radius 3 is 2.57 bits per heavy atom. The second-order valence-electron chi connectivity index (χ2n) is 6.07. The van der Waals surface area contributed by atoms with E-state index in [4.69, 9.17) is 5.73 Å². The third kappa shape index (κ3) is 3.22. The molecule has 0 aliphatic rings. The lowest BCUT2D eigenvalue weighted by atomic mass is 9.84. The smallest absolute Gasteiger partial charge is 0.0738 e. The van der Waals surface area contributed by atoms with Gasteiger partial charge in [-0.25, -0.2) is 0 Å². The van der Waals surface area contributed by atoms with E-state index in [0.29, 0.717) is 0 Å². The summed E-state index contributed by atoms with van der Waals surface area (Å²) >= 11 is 3.66. The van der Waals surface area contributed by atoms with Crippen LogP contribution in [0.15, 0.2) is 22.7 Å². The molecule has 0 saturated carbocycles. The van der Waals surface area contributed by atoms with Crippen LogP contribution in [0.25, 0.3) is 0 Å². The van der Waals surface area contributed by atoms with Crippen LogP contribution in [-0.2, 0) is 18.5 Å². The Morgan fingerprint density at radius 2 is 1.95 bits per heavy atom. The maximum Gasteiger partial charge on any atom is 0.0738 e. The average molecular weight is 350 g/mol. The van der Waals surface area contributed by atoms with Gasteiger partial charge >= 0.3 is 0 Å². The molecule has 0 fully saturated rings. The van der Waals surface area contributed by atoms with Gasteiger partial charge in [0, 0.05) is 18.5 Å². The van der Waals surface area contributed by atoms with Crippen LogP contribution in [0.5, 0.6) is 0 Å². The van der Waals surface area contributed by atoms with Gasteiger partial charge in [0.15, 0.2) is 0 Å². The van der Waals surface area contributed by atoms with E-state index in [9.17, 15) is 0 Å². The Balaban J connectivity index is 2.44.